The van der Waals surface area contributed by atoms with Crippen LogP contribution in [-0.2, 0) is 4.79 Å². The first-order valence-electron chi connectivity index (χ1n) is 4.45. The fraction of sp³-hybridized carbons (Fsp3) is 0.875. The van der Waals surface area contributed by atoms with Crippen LogP contribution >= 0.6 is 23.2 Å². The number of rotatable bonds is 4. The van der Waals surface area contributed by atoms with Gasteiger partial charge in [0.1, 0.15) is 0 Å². The Morgan fingerprint density at radius 1 is 1.06 bits per heavy atom. The number of amides is 1. The van der Waals surface area contributed by atoms with Crippen LogP contribution in [0.15, 0.2) is 0 Å². The van der Waals surface area contributed by atoms with Crippen LogP contribution in [0.5, 0.6) is 0 Å². The normalized spacial score (nSPS) is 13.9. The lowest BCUT2D eigenvalue weighted by Crippen LogP contribution is -2.56. The van der Waals surface area contributed by atoms with E-state index in [1.807, 2.05) is 0 Å². The Labute approximate surface area is 109 Å². The Hall–Kier alpha value is -0.370. The molecule has 0 bridgehead atoms. The third-order valence-corrected chi connectivity index (χ3v) is 3.11. The molecule has 0 atom stereocenters. The fourth-order valence-electron chi connectivity index (χ4n) is 0.955. The molecule has 0 saturated heterocycles. The summed E-state index contributed by atoms with van der Waals surface area (Å²) in [7, 11) is 0. The average molecular weight is 320 g/mol. The molecule has 0 aromatic rings. The van der Waals surface area contributed by atoms with E-state index in [1.54, 1.807) is 5.32 Å². The number of hydrogen-bond acceptors (Lipinski definition) is 1. The maximum atomic E-state index is 12.2. The third-order valence-electron chi connectivity index (χ3n) is 1.93. The smallest absolute Gasteiger partial charge is 0.348 e. The summed E-state index contributed by atoms with van der Waals surface area (Å²) in [6.45, 7) is 1.13. The summed E-state index contributed by atoms with van der Waals surface area (Å²) >= 11 is 10.6. The number of carbonyl (C=O) groups is 1. The lowest BCUT2D eigenvalue weighted by atomic mass is 10.0. The number of halogens is 8. The van der Waals surface area contributed by atoms with Gasteiger partial charge in [-0.05, 0) is 6.92 Å². The van der Waals surface area contributed by atoms with Gasteiger partial charge in [-0.25, -0.2) is 0 Å². The summed E-state index contributed by atoms with van der Waals surface area (Å²) < 4.78 is 73.2. The second kappa shape index (κ2) is 5.73. The zero-order valence-electron chi connectivity index (χ0n) is 8.92. The van der Waals surface area contributed by atoms with Crippen molar-refractivity contribution in [3.8, 4) is 0 Å². The van der Waals surface area contributed by atoms with Crippen LogP contribution in [0.3, 0.4) is 0 Å². The zero-order chi connectivity index (χ0) is 14.8. The van der Waals surface area contributed by atoms with Gasteiger partial charge in [-0.2, -0.15) is 26.3 Å². The van der Waals surface area contributed by atoms with Crippen LogP contribution in [0, 0.1) is 5.92 Å². The standard InChI is InChI=1S/C8H9Cl2F6NO/c1-6(2-9,3-10)17-5(18)4(7(11,12)13)8(14,15)16/h4H,2-3H2,1H3,(H,17,18). The van der Waals surface area contributed by atoms with Crippen LogP contribution in [-0.4, -0.2) is 35.6 Å². The number of hydrogen-bond donors (Lipinski definition) is 1. The molecule has 0 spiro atoms. The lowest BCUT2D eigenvalue weighted by Gasteiger charge is -2.30. The van der Waals surface area contributed by atoms with Crippen LogP contribution in [0.1, 0.15) is 6.92 Å². The average Bonchev–Trinajstić information content (AvgIpc) is 2.12. The molecule has 0 aromatic heterocycles. The summed E-state index contributed by atoms with van der Waals surface area (Å²) in [6, 6.07) is 0. The minimum atomic E-state index is -5.73. The predicted octanol–water partition coefficient (Wildman–Crippen LogP) is 3.08. The second-order valence-electron chi connectivity index (χ2n) is 3.83. The predicted molar refractivity (Wildman–Crippen MR) is 53.6 cm³/mol. The molecule has 18 heavy (non-hydrogen) atoms. The molecule has 0 aliphatic rings. The molecule has 0 fully saturated rings. The van der Waals surface area contributed by atoms with Gasteiger partial charge in [0.05, 0.1) is 5.54 Å². The van der Waals surface area contributed by atoms with Crippen LogP contribution < -0.4 is 5.32 Å². The maximum absolute atomic E-state index is 12.2. The molecule has 108 valence electrons. The van der Waals surface area contributed by atoms with Crippen molar-refractivity contribution in [2.45, 2.75) is 24.8 Å². The highest BCUT2D eigenvalue weighted by Gasteiger charge is 2.61. The number of nitrogens with one attached hydrogen (secondary N) is 1. The Balaban J connectivity index is 5.14. The lowest BCUT2D eigenvalue weighted by molar-refractivity contribution is -0.274. The van der Waals surface area contributed by atoms with Gasteiger partial charge in [-0.3, -0.25) is 4.79 Å². The van der Waals surface area contributed by atoms with Crippen molar-refractivity contribution in [2.75, 3.05) is 11.8 Å². The number of carbonyl (C=O) groups excluding carboxylic acids is 1. The molecule has 0 saturated carbocycles. The Morgan fingerprint density at radius 3 is 1.61 bits per heavy atom. The molecule has 0 aliphatic carbocycles. The van der Waals surface area contributed by atoms with Crippen molar-refractivity contribution in [3.63, 3.8) is 0 Å². The third kappa shape index (κ3) is 4.72. The maximum Gasteiger partial charge on any atom is 0.409 e. The van der Waals surface area contributed by atoms with Gasteiger partial charge < -0.3 is 5.32 Å². The van der Waals surface area contributed by atoms with Gasteiger partial charge in [0.2, 0.25) is 11.8 Å². The molecule has 0 aliphatic heterocycles. The second-order valence-corrected chi connectivity index (χ2v) is 4.37. The molecule has 0 aromatic carbocycles. The van der Waals surface area contributed by atoms with E-state index in [2.05, 4.69) is 0 Å². The Kier molecular flexibility index (Phi) is 5.61. The molecule has 1 N–H and O–H groups in total. The van der Waals surface area contributed by atoms with Crippen LogP contribution in [0.25, 0.3) is 0 Å². The van der Waals surface area contributed by atoms with E-state index in [4.69, 9.17) is 23.2 Å². The van der Waals surface area contributed by atoms with Gasteiger partial charge in [-0.15, -0.1) is 23.2 Å². The molecule has 0 radical (unpaired) electrons. The van der Waals surface area contributed by atoms with Gasteiger partial charge in [0.15, 0.2) is 0 Å². The van der Waals surface area contributed by atoms with Gasteiger partial charge in [0, 0.05) is 11.8 Å². The minimum Gasteiger partial charge on any atom is -0.348 e. The highest BCUT2D eigenvalue weighted by atomic mass is 35.5. The van der Waals surface area contributed by atoms with Gasteiger partial charge >= 0.3 is 12.4 Å². The fourth-order valence-corrected chi connectivity index (χ4v) is 1.37. The molecule has 0 rings (SSSR count). The van der Waals surface area contributed by atoms with Crippen LogP contribution in [0.4, 0.5) is 26.3 Å². The largest absolute Gasteiger partial charge is 0.409 e. The molecule has 2 nitrogen and oxygen atoms in total. The van der Waals surface area contributed by atoms with Crippen molar-refractivity contribution in [1.82, 2.24) is 5.32 Å². The summed E-state index contributed by atoms with van der Waals surface area (Å²) in [5.74, 6) is -7.18. The molecular formula is C8H9Cl2F6NO. The van der Waals surface area contributed by atoms with E-state index >= 15 is 0 Å². The summed E-state index contributed by atoms with van der Waals surface area (Å²) in [5, 5.41) is 1.56. The molecular weight excluding hydrogens is 311 g/mol. The summed E-state index contributed by atoms with van der Waals surface area (Å²) in [6.07, 6.45) is -11.5. The first-order chi connectivity index (χ1) is 7.87. The highest BCUT2D eigenvalue weighted by Crippen LogP contribution is 2.39. The van der Waals surface area contributed by atoms with E-state index in [-0.39, 0.29) is 0 Å². The van der Waals surface area contributed by atoms with Crippen LogP contribution in [0.2, 0.25) is 0 Å². The molecule has 1 amide bonds. The molecule has 0 heterocycles. The first kappa shape index (κ1) is 17.6. The molecule has 10 heteroatoms. The van der Waals surface area contributed by atoms with Crippen molar-refractivity contribution < 1.29 is 31.1 Å². The quantitative estimate of drug-likeness (QED) is 0.626. The van der Waals surface area contributed by atoms with Gasteiger partial charge in [-0.1, -0.05) is 0 Å². The van der Waals surface area contributed by atoms with E-state index < -0.39 is 41.5 Å². The minimum absolute atomic E-state index is 0.426. The van der Waals surface area contributed by atoms with Crippen molar-refractivity contribution in [1.29, 1.82) is 0 Å². The van der Waals surface area contributed by atoms with Crippen molar-refractivity contribution in [2.24, 2.45) is 5.92 Å². The zero-order valence-corrected chi connectivity index (χ0v) is 10.4. The highest BCUT2D eigenvalue weighted by molar-refractivity contribution is 6.22. The first-order valence-corrected chi connectivity index (χ1v) is 5.51. The van der Waals surface area contributed by atoms with Crippen molar-refractivity contribution in [3.05, 3.63) is 0 Å². The topological polar surface area (TPSA) is 29.1 Å². The summed E-state index contributed by atoms with van der Waals surface area (Å²) in [4.78, 5) is 11.1. The number of alkyl halides is 8. The van der Waals surface area contributed by atoms with E-state index in [1.165, 1.54) is 0 Å². The van der Waals surface area contributed by atoms with E-state index in [9.17, 15) is 31.1 Å². The van der Waals surface area contributed by atoms with E-state index in [0.29, 0.717) is 0 Å². The van der Waals surface area contributed by atoms with Crippen molar-refractivity contribution >= 4 is 29.1 Å². The summed E-state index contributed by atoms with van der Waals surface area (Å²) in [5.41, 5.74) is -1.55. The Morgan fingerprint density at radius 2 is 1.39 bits per heavy atom. The van der Waals surface area contributed by atoms with Gasteiger partial charge in [0.25, 0.3) is 0 Å². The van der Waals surface area contributed by atoms with E-state index in [0.717, 1.165) is 6.92 Å². The Bertz CT molecular complexity index is 285. The monoisotopic (exact) mass is 319 g/mol. The molecule has 0 unspecified atom stereocenters. The SMILES string of the molecule is CC(CCl)(CCl)NC(=O)C(C(F)(F)F)C(F)(F)F.